The molecule has 0 heterocycles. The first-order valence-electron chi connectivity index (χ1n) is 7.52. The highest BCUT2D eigenvalue weighted by atomic mass is 16.5. The molecule has 0 aromatic heterocycles. The number of para-hydroxylation sites is 1. The van der Waals surface area contributed by atoms with Gasteiger partial charge in [-0.25, -0.2) is 0 Å². The van der Waals surface area contributed by atoms with E-state index < -0.39 is 0 Å². The zero-order valence-electron chi connectivity index (χ0n) is 12.2. The van der Waals surface area contributed by atoms with E-state index in [1.165, 1.54) is 30.4 Å². The van der Waals surface area contributed by atoms with Crippen molar-refractivity contribution >= 4 is 0 Å². The lowest BCUT2D eigenvalue weighted by Gasteiger charge is -2.11. The summed E-state index contributed by atoms with van der Waals surface area (Å²) in [6.07, 6.45) is 3.64. The van der Waals surface area contributed by atoms with Gasteiger partial charge in [0.25, 0.3) is 0 Å². The van der Waals surface area contributed by atoms with Crippen LogP contribution in [-0.2, 0) is 19.4 Å². The molecule has 21 heavy (non-hydrogen) atoms. The molecule has 2 N–H and O–H groups in total. The van der Waals surface area contributed by atoms with Crippen LogP contribution in [0.25, 0.3) is 0 Å². The molecule has 2 aromatic carbocycles. The summed E-state index contributed by atoms with van der Waals surface area (Å²) < 4.78 is 11.5. The van der Waals surface area contributed by atoms with Crippen molar-refractivity contribution in [2.75, 3.05) is 13.2 Å². The summed E-state index contributed by atoms with van der Waals surface area (Å²) in [5.41, 5.74) is 9.61. The van der Waals surface area contributed by atoms with Crippen LogP contribution in [0, 0.1) is 0 Å². The Bertz CT molecular complexity index is 610. The fraction of sp³-hybridized carbons (Fsp3) is 0.333. The molecule has 3 nitrogen and oxygen atoms in total. The minimum Gasteiger partial charge on any atom is -0.490 e. The van der Waals surface area contributed by atoms with Crippen molar-refractivity contribution in [3.05, 3.63) is 59.2 Å². The molecule has 0 amide bonds. The van der Waals surface area contributed by atoms with E-state index in [-0.39, 0.29) is 0 Å². The van der Waals surface area contributed by atoms with Crippen molar-refractivity contribution in [2.45, 2.75) is 25.8 Å². The van der Waals surface area contributed by atoms with Crippen molar-refractivity contribution in [3.8, 4) is 11.5 Å². The zero-order valence-corrected chi connectivity index (χ0v) is 12.2. The molecule has 0 radical (unpaired) electrons. The number of benzene rings is 2. The largest absolute Gasteiger partial charge is 0.490 e. The predicted octanol–water partition coefficient (Wildman–Crippen LogP) is 3.09. The average molecular weight is 283 g/mol. The Labute approximate surface area is 125 Å². The smallest absolute Gasteiger partial charge is 0.123 e. The number of hydrogen-bond donors (Lipinski definition) is 1. The third kappa shape index (κ3) is 3.37. The van der Waals surface area contributed by atoms with Gasteiger partial charge < -0.3 is 15.2 Å². The van der Waals surface area contributed by atoms with E-state index in [0.717, 1.165) is 17.1 Å². The van der Waals surface area contributed by atoms with Gasteiger partial charge in [-0.1, -0.05) is 24.3 Å². The van der Waals surface area contributed by atoms with E-state index in [4.69, 9.17) is 15.2 Å². The van der Waals surface area contributed by atoms with Gasteiger partial charge in [0.2, 0.25) is 0 Å². The van der Waals surface area contributed by atoms with Gasteiger partial charge in [0.15, 0.2) is 0 Å². The second-order valence-corrected chi connectivity index (χ2v) is 5.29. The van der Waals surface area contributed by atoms with Crippen molar-refractivity contribution in [1.82, 2.24) is 0 Å². The Morgan fingerprint density at radius 2 is 1.71 bits per heavy atom. The quantitative estimate of drug-likeness (QED) is 0.829. The fourth-order valence-corrected chi connectivity index (χ4v) is 2.76. The number of ether oxygens (including phenoxy) is 2. The Kier molecular flexibility index (Phi) is 4.41. The van der Waals surface area contributed by atoms with Crippen LogP contribution in [0.1, 0.15) is 23.1 Å². The number of aryl methyl sites for hydroxylation is 2. The van der Waals surface area contributed by atoms with E-state index in [9.17, 15) is 0 Å². The first-order chi connectivity index (χ1) is 10.4. The van der Waals surface area contributed by atoms with Gasteiger partial charge in [0.1, 0.15) is 24.7 Å². The molecule has 0 bridgehead atoms. The monoisotopic (exact) mass is 283 g/mol. The minimum absolute atomic E-state index is 0.488. The molecular weight excluding hydrogens is 262 g/mol. The maximum absolute atomic E-state index is 5.77. The molecule has 3 heteroatoms. The van der Waals surface area contributed by atoms with Gasteiger partial charge in [-0.05, 0) is 48.6 Å². The average Bonchev–Trinajstić information content (AvgIpc) is 2.99. The van der Waals surface area contributed by atoms with Crippen LogP contribution in [0.5, 0.6) is 11.5 Å². The normalized spacial score (nSPS) is 13.0. The van der Waals surface area contributed by atoms with E-state index in [2.05, 4.69) is 18.2 Å². The molecule has 0 aliphatic heterocycles. The summed E-state index contributed by atoms with van der Waals surface area (Å²) in [6, 6.07) is 14.2. The number of nitrogens with two attached hydrogens (primary N) is 1. The lowest BCUT2D eigenvalue weighted by atomic mass is 10.1. The zero-order chi connectivity index (χ0) is 14.5. The maximum atomic E-state index is 5.77. The third-order valence-electron chi connectivity index (χ3n) is 3.87. The van der Waals surface area contributed by atoms with Crippen LogP contribution in [0.15, 0.2) is 42.5 Å². The third-order valence-corrected chi connectivity index (χ3v) is 3.87. The molecule has 1 aliphatic carbocycles. The molecular formula is C18H21NO2. The standard InChI is InChI=1S/C18H21NO2/c19-13-16-4-1-2-7-18(16)21-11-10-20-17-9-8-14-5-3-6-15(14)12-17/h1-2,4,7-9,12H,3,5-6,10-11,13,19H2. The van der Waals surface area contributed by atoms with E-state index in [1.54, 1.807) is 0 Å². The van der Waals surface area contributed by atoms with E-state index in [1.807, 2.05) is 24.3 Å². The van der Waals surface area contributed by atoms with Crippen LogP contribution < -0.4 is 15.2 Å². The van der Waals surface area contributed by atoms with Gasteiger partial charge in [-0.3, -0.25) is 0 Å². The summed E-state index contributed by atoms with van der Waals surface area (Å²) in [7, 11) is 0. The van der Waals surface area contributed by atoms with Crippen LogP contribution in [-0.4, -0.2) is 13.2 Å². The highest BCUT2D eigenvalue weighted by Crippen LogP contribution is 2.26. The first-order valence-corrected chi connectivity index (χ1v) is 7.52. The molecule has 2 aromatic rings. The Balaban J connectivity index is 1.50. The summed E-state index contributed by atoms with van der Waals surface area (Å²) >= 11 is 0. The van der Waals surface area contributed by atoms with Gasteiger partial charge in [-0.2, -0.15) is 0 Å². The second-order valence-electron chi connectivity index (χ2n) is 5.29. The van der Waals surface area contributed by atoms with Crippen molar-refractivity contribution < 1.29 is 9.47 Å². The molecule has 110 valence electrons. The molecule has 0 saturated heterocycles. The second kappa shape index (κ2) is 6.64. The van der Waals surface area contributed by atoms with Crippen molar-refractivity contribution in [1.29, 1.82) is 0 Å². The molecule has 3 rings (SSSR count). The van der Waals surface area contributed by atoms with E-state index in [0.29, 0.717) is 19.8 Å². The van der Waals surface area contributed by atoms with Crippen LogP contribution in [0.2, 0.25) is 0 Å². The SMILES string of the molecule is NCc1ccccc1OCCOc1ccc2c(c1)CCC2. The summed E-state index contributed by atoms with van der Waals surface area (Å²) in [5.74, 6) is 1.78. The van der Waals surface area contributed by atoms with Crippen LogP contribution >= 0.6 is 0 Å². The highest BCUT2D eigenvalue weighted by Gasteiger charge is 2.11. The van der Waals surface area contributed by atoms with E-state index >= 15 is 0 Å². The fourth-order valence-electron chi connectivity index (χ4n) is 2.76. The number of hydrogen-bond acceptors (Lipinski definition) is 3. The Morgan fingerprint density at radius 3 is 2.62 bits per heavy atom. The predicted molar refractivity (Wildman–Crippen MR) is 83.8 cm³/mol. The molecule has 0 unspecified atom stereocenters. The molecule has 0 saturated carbocycles. The molecule has 0 atom stereocenters. The van der Waals surface area contributed by atoms with Crippen molar-refractivity contribution in [3.63, 3.8) is 0 Å². The molecule has 0 spiro atoms. The van der Waals surface area contributed by atoms with Crippen LogP contribution in [0.4, 0.5) is 0 Å². The van der Waals surface area contributed by atoms with Crippen LogP contribution in [0.3, 0.4) is 0 Å². The minimum atomic E-state index is 0.488. The lowest BCUT2D eigenvalue weighted by Crippen LogP contribution is -2.11. The van der Waals surface area contributed by atoms with Gasteiger partial charge in [0.05, 0.1) is 0 Å². The first kappa shape index (κ1) is 14.0. The number of rotatable bonds is 6. The Hall–Kier alpha value is -2.00. The van der Waals surface area contributed by atoms with Gasteiger partial charge in [-0.15, -0.1) is 0 Å². The topological polar surface area (TPSA) is 44.5 Å². The molecule has 0 fully saturated rings. The van der Waals surface area contributed by atoms with Gasteiger partial charge >= 0.3 is 0 Å². The molecule has 1 aliphatic rings. The lowest BCUT2D eigenvalue weighted by molar-refractivity contribution is 0.216. The summed E-state index contributed by atoms with van der Waals surface area (Å²) in [6.45, 7) is 1.55. The highest BCUT2D eigenvalue weighted by molar-refractivity contribution is 5.38. The number of fused-ring (bicyclic) bond motifs is 1. The maximum Gasteiger partial charge on any atom is 0.123 e. The summed E-state index contributed by atoms with van der Waals surface area (Å²) in [4.78, 5) is 0. The van der Waals surface area contributed by atoms with Gasteiger partial charge in [0, 0.05) is 12.1 Å². The Morgan fingerprint density at radius 1 is 0.905 bits per heavy atom. The summed E-state index contributed by atoms with van der Waals surface area (Å²) in [5, 5.41) is 0. The van der Waals surface area contributed by atoms with Crippen molar-refractivity contribution in [2.24, 2.45) is 5.73 Å².